The summed E-state index contributed by atoms with van der Waals surface area (Å²) in [6.07, 6.45) is 2.44. The third kappa shape index (κ3) is 4.23. The molecule has 0 atom stereocenters. The van der Waals surface area contributed by atoms with Crippen molar-refractivity contribution in [3.05, 3.63) is 12.4 Å². The van der Waals surface area contributed by atoms with Crippen molar-refractivity contribution in [2.24, 2.45) is 0 Å². The van der Waals surface area contributed by atoms with E-state index >= 15 is 0 Å². The summed E-state index contributed by atoms with van der Waals surface area (Å²) in [5.41, 5.74) is -0.196. The summed E-state index contributed by atoms with van der Waals surface area (Å²) in [6, 6.07) is 1.78. The number of rotatable bonds is 6. The normalized spacial score (nSPS) is 11.2. The Hall–Kier alpha value is -1.03. The Bertz CT molecular complexity index is 331. The lowest BCUT2D eigenvalue weighted by molar-refractivity contribution is 0.305. The maximum Gasteiger partial charge on any atom is 0.218 e. The van der Waals surface area contributed by atoms with Crippen LogP contribution in [0.4, 0.5) is 5.82 Å². The van der Waals surface area contributed by atoms with Gasteiger partial charge in [-0.3, -0.25) is 0 Å². The van der Waals surface area contributed by atoms with Gasteiger partial charge in [0.05, 0.1) is 6.61 Å². The highest BCUT2D eigenvalue weighted by molar-refractivity contribution is 6.18. The van der Waals surface area contributed by atoms with Crippen molar-refractivity contribution in [3.8, 4) is 5.88 Å². The first-order valence-corrected chi connectivity index (χ1v) is 5.90. The van der Waals surface area contributed by atoms with Crippen LogP contribution in [0.2, 0.25) is 0 Å². The van der Waals surface area contributed by atoms with Crippen LogP contribution in [0.1, 0.15) is 27.2 Å². The average molecular weight is 244 g/mol. The number of alkyl halides is 1. The molecule has 0 bridgehead atoms. The Morgan fingerprint density at radius 1 is 1.44 bits per heavy atom. The van der Waals surface area contributed by atoms with Crippen molar-refractivity contribution < 1.29 is 4.74 Å². The molecular formula is C11H18ClN3O. The number of nitrogens with zero attached hydrogens (tertiary/aromatic N) is 2. The fraction of sp³-hybridized carbons (Fsp3) is 0.636. The van der Waals surface area contributed by atoms with Gasteiger partial charge in [0.15, 0.2) is 0 Å². The molecule has 0 fully saturated rings. The average Bonchev–Trinajstić information content (AvgIpc) is 2.26. The van der Waals surface area contributed by atoms with Gasteiger partial charge >= 0.3 is 0 Å². The number of ether oxygens (including phenoxy) is 1. The third-order valence-corrected chi connectivity index (χ3v) is 2.56. The van der Waals surface area contributed by atoms with Crippen molar-refractivity contribution in [1.82, 2.24) is 9.97 Å². The Balaban J connectivity index is 2.67. The predicted octanol–water partition coefficient (Wildman–Crippen LogP) is 2.69. The first-order chi connectivity index (χ1) is 7.57. The zero-order valence-electron chi connectivity index (χ0n) is 9.96. The summed E-state index contributed by atoms with van der Waals surface area (Å²) in [6.45, 7) is 6.73. The van der Waals surface area contributed by atoms with E-state index in [-0.39, 0.29) is 5.54 Å². The maximum absolute atomic E-state index is 5.83. The molecule has 0 unspecified atom stereocenters. The van der Waals surface area contributed by atoms with Crippen LogP contribution in [0.25, 0.3) is 0 Å². The topological polar surface area (TPSA) is 47.0 Å². The van der Waals surface area contributed by atoms with Gasteiger partial charge in [0.2, 0.25) is 5.88 Å². The van der Waals surface area contributed by atoms with Gasteiger partial charge in [-0.1, -0.05) is 6.92 Å². The molecule has 0 saturated heterocycles. The van der Waals surface area contributed by atoms with E-state index in [0.717, 1.165) is 12.2 Å². The highest BCUT2D eigenvalue weighted by atomic mass is 35.5. The molecule has 16 heavy (non-hydrogen) atoms. The molecule has 1 N–H and O–H groups in total. The summed E-state index contributed by atoms with van der Waals surface area (Å²) >= 11 is 5.83. The molecule has 0 aromatic carbocycles. The number of anilines is 1. The number of aromatic nitrogens is 2. The molecule has 0 aliphatic carbocycles. The molecule has 1 rings (SSSR count). The van der Waals surface area contributed by atoms with Gasteiger partial charge in [-0.15, -0.1) is 11.6 Å². The van der Waals surface area contributed by atoms with E-state index < -0.39 is 0 Å². The molecule has 0 aliphatic heterocycles. The van der Waals surface area contributed by atoms with Crippen LogP contribution >= 0.6 is 11.6 Å². The highest BCUT2D eigenvalue weighted by Gasteiger charge is 2.16. The van der Waals surface area contributed by atoms with E-state index in [4.69, 9.17) is 16.3 Å². The van der Waals surface area contributed by atoms with E-state index in [1.807, 2.05) is 13.8 Å². The zero-order chi connectivity index (χ0) is 12.0. The van der Waals surface area contributed by atoms with Crippen LogP contribution in [-0.4, -0.2) is 28.0 Å². The molecule has 4 nitrogen and oxygen atoms in total. The second kappa shape index (κ2) is 5.89. The number of nitrogens with one attached hydrogen (secondary N) is 1. The second-order valence-electron chi connectivity index (χ2n) is 4.23. The van der Waals surface area contributed by atoms with E-state index in [1.165, 1.54) is 6.33 Å². The molecule has 0 spiro atoms. The van der Waals surface area contributed by atoms with Gasteiger partial charge < -0.3 is 10.1 Å². The van der Waals surface area contributed by atoms with E-state index in [1.54, 1.807) is 6.07 Å². The van der Waals surface area contributed by atoms with Crippen LogP contribution in [0.3, 0.4) is 0 Å². The van der Waals surface area contributed by atoms with Gasteiger partial charge in [0.1, 0.15) is 12.1 Å². The van der Waals surface area contributed by atoms with Crippen molar-refractivity contribution >= 4 is 17.4 Å². The van der Waals surface area contributed by atoms with Crippen LogP contribution in [0.5, 0.6) is 5.88 Å². The first-order valence-electron chi connectivity index (χ1n) is 5.36. The van der Waals surface area contributed by atoms with Crippen molar-refractivity contribution in [1.29, 1.82) is 0 Å². The molecule has 0 saturated carbocycles. The van der Waals surface area contributed by atoms with E-state index in [2.05, 4.69) is 22.2 Å². The summed E-state index contributed by atoms with van der Waals surface area (Å²) < 4.78 is 5.42. The number of hydrogen-bond acceptors (Lipinski definition) is 4. The standard InChI is InChI=1S/C11H18ClN3O/c1-4-5-16-10-6-9(13-8-14-10)15-11(2,3)7-12/h6,8H,4-5,7H2,1-3H3,(H,13,14,15). The van der Waals surface area contributed by atoms with E-state index in [0.29, 0.717) is 18.4 Å². The highest BCUT2D eigenvalue weighted by Crippen LogP contribution is 2.17. The molecule has 1 heterocycles. The van der Waals surface area contributed by atoms with Crippen LogP contribution in [0, 0.1) is 0 Å². The van der Waals surface area contributed by atoms with Gasteiger partial charge in [-0.2, -0.15) is 0 Å². The largest absolute Gasteiger partial charge is 0.478 e. The summed E-state index contributed by atoms with van der Waals surface area (Å²) in [7, 11) is 0. The fourth-order valence-corrected chi connectivity index (χ4v) is 1.14. The smallest absolute Gasteiger partial charge is 0.218 e. The third-order valence-electron chi connectivity index (χ3n) is 1.90. The number of halogens is 1. The summed E-state index contributed by atoms with van der Waals surface area (Å²) in [5.74, 6) is 1.82. The summed E-state index contributed by atoms with van der Waals surface area (Å²) in [4.78, 5) is 8.15. The Morgan fingerprint density at radius 3 is 2.81 bits per heavy atom. The van der Waals surface area contributed by atoms with Crippen LogP contribution in [0.15, 0.2) is 12.4 Å². The second-order valence-corrected chi connectivity index (χ2v) is 4.50. The summed E-state index contributed by atoms with van der Waals surface area (Å²) in [5, 5.41) is 3.22. The van der Waals surface area contributed by atoms with Crippen molar-refractivity contribution in [2.45, 2.75) is 32.7 Å². The molecule has 0 amide bonds. The van der Waals surface area contributed by atoms with Gasteiger partial charge in [-0.25, -0.2) is 9.97 Å². The SMILES string of the molecule is CCCOc1cc(NC(C)(C)CCl)ncn1. The minimum atomic E-state index is -0.196. The lowest BCUT2D eigenvalue weighted by Gasteiger charge is -2.23. The predicted molar refractivity (Wildman–Crippen MR) is 66.2 cm³/mol. The van der Waals surface area contributed by atoms with Crippen LogP contribution < -0.4 is 10.1 Å². The van der Waals surface area contributed by atoms with Gasteiger partial charge in [0, 0.05) is 17.5 Å². The molecule has 90 valence electrons. The minimum absolute atomic E-state index is 0.196. The molecule has 1 aromatic rings. The molecule has 0 radical (unpaired) electrons. The molecular weight excluding hydrogens is 226 g/mol. The zero-order valence-corrected chi connectivity index (χ0v) is 10.7. The van der Waals surface area contributed by atoms with Gasteiger partial charge in [-0.05, 0) is 20.3 Å². The molecule has 1 aromatic heterocycles. The lowest BCUT2D eigenvalue weighted by Crippen LogP contribution is -2.33. The molecule has 0 aliphatic rings. The quantitative estimate of drug-likeness (QED) is 0.781. The Kier molecular flexibility index (Phi) is 4.80. The van der Waals surface area contributed by atoms with Crippen LogP contribution in [-0.2, 0) is 0 Å². The number of hydrogen-bond donors (Lipinski definition) is 1. The minimum Gasteiger partial charge on any atom is -0.478 e. The van der Waals surface area contributed by atoms with Crippen molar-refractivity contribution in [3.63, 3.8) is 0 Å². The Morgan fingerprint density at radius 2 is 2.19 bits per heavy atom. The first kappa shape index (κ1) is 13.0. The fourth-order valence-electron chi connectivity index (χ4n) is 1.07. The maximum atomic E-state index is 5.83. The lowest BCUT2D eigenvalue weighted by atomic mass is 10.1. The van der Waals surface area contributed by atoms with E-state index in [9.17, 15) is 0 Å². The molecule has 5 heteroatoms. The van der Waals surface area contributed by atoms with Crippen molar-refractivity contribution in [2.75, 3.05) is 17.8 Å². The Labute approximate surface area is 101 Å². The van der Waals surface area contributed by atoms with Gasteiger partial charge in [0.25, 0.3) is 0 Å². The monoisotopic (exact) mass is 243 g/mol.